The van der Waals surface area contributed by atoms with Gasteiger partial charge in [0.25, 0.3) is 0 Å². The predicted molar refractivity (Wildman–Crippen MR) is 60.3 cm³/mol. The van der Waals surface area contributed by atoms with E-state index in [1.54, 1.807) is 13.0 Å². The van der Waals surface area contributed by atoms with Gasteiger partial charge in [0.1, 0.15) is 17.3 Å². The van der Waals surface area contributed by atoms with Crippen molar-refractivity contribution in [1.82, 2.24) is 9.78 Å². The number of anilines is 1. The van der Waals surface area contributed by atoms with Gasteiger partial charge in [-0.15, -0.1) is 0 Å². The zero-order valence-corrected chi connectivity index (χ0v) is 9.92. The van der Waals surface area contributed by atoms with E-state index in [0.29, 0.717) is 5.69 Å². The summed E-state index contributed by atoms with van der Waals surface area (Å²) < 4.78 is 28.1. The molecule has 1 heterocycles. The van der Waals surface area contributed by atoms with Crippen molar-refractivity contribution >= 4 is 21.7 Å². The number of hydrogen-bond acceptors (Lipinski definition) is 2. The summed E-state index contributed by atoms with van der Waals surface area (Å²) in [5.41, 5.74) is 6.33. The van der Waals surface area contributed by atoms with E-state index in [1.165, 1.54) is 10.7 Å². The van der Waals surface area contributed by atoms with Crippen LogP contribution in [0, 0.1) is 18.6 Å². The Bertz CT molecular complexity index is 551. The highest BCUT2D eigenvalue weighted by molar-refractivity contribution is 9.10. The molecule has 0 saturated carbocycles. The molecule has 0 spiro atoms. The van der Waals surface area contributed by atoms with E-state index < -0.39 is 11.6 Å². The number of halogens is 3. The van der Waals surface area contributed by atoms with Gasteiger partial charge in [0, 0.05) is 17.8 Å². The minimum absolute atomic E-state index is 0.155. The molecule has 84 valence electrons. The second-order valence-corrected chi connectivity index (χ2v) is 4.19. The molecule has 1 aromatic carbocycles. The highest BCUT2D eigenvalue weighted by Gasteiger charge is 2.12. The van der Waals surface area contributed by atoms with Crippen LogP contribution in [0.15, 0.2) is 22.7 Å². The lowest BCUT2D eigenvalue weighted by Gasteiger charge is -2.06. The van der Waals surface area contributed by atoms with Crippen molar-refractivity contribution < 1.29 is 8.78 Å². The second kappa shape index (κ2) is 3.86. The average molecular weight is 288 g/mol. The van der Waals surface area contributed by atoms with Gasteiger partial charge in [0.05, 0.1) is 4.47 Å². The number of nitrogens with two attached hydrogens (primary N) is 1. The number of benzene rings is 1. The van der Waals surface area contributed by atoms with Crippen LogP contribution in [0.4, 0.5) is 14.6 Å². The van der Waals surface area contributed by atoms with Crippen LogP contribution in [-0.4, -0.2) is 9.78 Å². The van der Waals surface area contributed by atoms with Crippen LogP contribution in [0.3, 0.4) is 0 Å². The average Bonchev–Trinajstić information content (AvgIpc) is 2.51. The Labute approximate surface area is 99.0 Å². The first kappa shape index (κ1) is 11.1. The highest BCUT2D eigenvalue weighted by atomic mass is 79.9. The Hall–Kier alpha value is -1.43. The van der Waals surface area contributed by atoms with Gasteiger partial charge < -0.3 is 5.73 Å². The fraction of sp³-hybridized carbons (Fsp3) is 0.100. The number of aryl methyl sites for hydroxylation is 1. The highest BCUT2D eigenvalue weighted by Crippen LogP contribution is 2.24. The van der Waals surface area contributed by atoms with Gasteiger partial charge in [0.15, 0.2) is 5.82 Å². The van der Waals surface area contributed by atoms with Gasteiger partial charge >= 0.3 is 0 Å². The van der Waals surface area contributed by atoms with Crippen molar-refractivity contribution in [3.63, 3.8) is 0 Å². The summed E-state index contributed by atoms with van der Waals surface area (Å²) in [6, 6.07) is 3.73. The van der Waals surface area contributed by atoms with E-state index in [9.17, 15) is 8.78 Å². The number of hydrogen-bond donors (Lipinski definition) is 1. The van der Waals surface area contributed by atoms with Gasteiger partial charge in [-0.2, -0.15) is 5.10 Å². The topological polar surface area (TPSA) is 43.8 Å². The second-order valence-electron chi connectivity index (χ2n) is 3.34. The zero-order valence-electron chi connectivity index (χ0n) is 8.34. The molecule has 3 nitrogen and oxygen atoms in total. The summed E-state index contributed by atoms with van der Waals surface area (Å²) in [4.78, 5) is 0. The van der Waals surface area contributed by atoms with Gasteiger partial charge in [-0.05, 0) is 28.9 Å². The van der Waals surface area contributed by atoms with Gasteiger partial charge in [0.2, 0.25) is 0 Å². The first-order chi connectivity index (χ1) is 7.49. The number of rotatable bonds is 1. The lowest BCUT2D eigenvalue weighted by Crippen LogP contribution is -2.03. The van der Waals surface area contributed by atoms with E-state index in [1.807, 2.05) is 0 Å². The minimum atomic E-state index is -0.688. The molecule has 0 unspecified atom stereocenters. The Balaban J connectivity index is 2.64. The summed E-state index contributed by atoms with van der Waals surface area (Å²) in [5.74, 6) is -1.05. The van der Waals surface area contributed by atoms with Crippen molar-refractivity contribution in [3.05, 3.63) is 40.0 Å². The van der Waals surface area contributed by atoms with Crippen LogP contribution in [-0.2, 0) is 0 Å². The molecule has 2 aromatic rings. The first-order valence-electron chi connectivity index (χ1n) is 4.46. The standard InChI is InChI=1S/C10H8BrF2N3/c1-5-2-10(14)15-16(5)9-3-6(11)7(12)4-8(9)13/h2-4H,1H3,(H2,14,15). The van der Waals surface area contributed by atoms with Gasteiger partial charge in [-0.1, -0.05) is 0 Å². The molecule has 6 heteroatoms. The van der Waals surface area contributed by atoms with E-state index in [0.717, 1.165) is 6.07 Å². The molecule has 2 N–H and O–H groups in total. The molecule has 0 aliphatic carbocycles. The maximum atomic E-state index is 13.5. The molecular weight excluding hydrogens is 280 g/mol. The Morgan fingerprint density at radius 3 is 2.50 bits per heavy atom. The van der Waals surface area contributed by atoms with Crippen LogP contribution >= 0.6 is 15.9 Å². The molecule has 0 fully saturated rings. The number of nitrogens with zero attached hydrogens (tertiary/aromatic N) is 2. The van der Waals surface area contributed by atoms with E-state index in [-0.39, 0.29) is 16.0 Å². The van der Waals surface area contributed by atoms with Crippen molar-refractivity contribution in [2.24, 2.45) is 0 Å². The fourth-order valence-electron chi connectivity index (χ4n) is 1.42. The summed E-state index contributed by atoms with van der Waals surface area (Å²) in [6.45, 7) is 1.74. The Kier molecular flexibility index (Phi) is 2.67. The van der Waals surface area contributed by atoms with E-state index in [4.69, 9.17) is 5.73 Å². The molecule has 0 atom stereocenters. The van der Waals surface area contributed by atoms with Crippen LogP contribution in [0.1, 0.15) is 5.69 Å². The Morgan fingerprint density at radius 1 is 1.25 bits per heavy atom. The molecule has 0 bridgehead atoms. The lowest BCUT2D eigenvalue weighted by molar-refractivity contribution is 0.569. The zero-order chi connectivity index (χ0) is 11.9. The molecule has 0 radical (unpaired) electrons. The minimum Gasteiger partial charge on any atom is -0.382 e. The molecule has 1 aromatic heterocycles. The molecule has 0 amide bonds. The predicted octanol–water partition coefficient (Wildman–Crippen LogP) is 2.80. The van der Waals surface area contributed by atoms with Crippen molar-refractivity contribution in [2.45, 2.75) is 6.92 Å². The third kappa shape index (κ3) is 1.80. The van der Waals surface area contributed by atoms with Crippen LogP contribution in [0.5, 0.6) is 0 Å². The smallest absolute Gasteiger partial charge is 0.151 e. The van der Waals surface area contributed by atoms with Gasteiger partial charge in [-0.3, -0.25) is 0 Å². The third-order valence-corrected chi connectivity index (χ3v) is 2.73. The molecule has 16 heavy (non-hydrogen) atoms. The largest absolute Gasteiger partial charge is 0.382 e. The van der Waals surface area contributed by atoms with Crippen LogP contribution in [0.25, 0.3) is 5.69 Å². The van der Waals surface area contributed by atoms with Crippen molar-refractivity contribution in [2.75, 3.05) is 5.73 Å². The summed E-state index contributed by atoms with van der Waals surface area (Å²) in [6.07, 6.45) is 0. The first-order valence-corrected chi connectivity index (χ1v) is 5.25. The summed E-state index contributed by atoms with van der Waals surface area (Å²) in [5, 5.41) is 3.92. The monoisotopic (exact) mass is 287 g/mol. The van der Waals surface area contributed by atoms with Gasteiger partial charge in [-0.25, -0.2) is 13.5 Å². The quantitative estimate of drug-likeness (QED) is 0.820. The molecule has 0 aliphatic rings. The SMILES string of the molecule is Cc1cc(N)nn1-c1cc(Br)c(F)cc1F. The number of nitrogen functional groups attached to an aromatic ring is 1. The maximum Gasteiger partial charge on any atom is 0.151 e. The maximum absolute atomic E-state index is 13.5. The van der Waals surface area contributed by atoms with Crippen molar-refractivity contribution in [1.29, 1.82) is 0 Å². The number of aromatic nitrogens is 2. The van der Waals surface area contributed by atoms with Crippen LogP contribution < -0.4 is 5.73 Å². The third-order valence-electron chi connectivity index (χ3n) is 2.12. The van der Waals surface area contributed by atoms with Crippen molar-refractivity contribution in [3.8, 4) is 5.69 Å². The fourth-order valence-corrected chi connectivity index (χ4v) is 1.75. The lowest BCUT2D eigenvalue weighted by atomic mass is 10.3. The van der Waals surface area contributed by atoms with E-state index in [2.05, 4.69) is 21.0 Å². The molecule has 0 aliphatic heterocycles. The van der Waals surface area contributed by atoms with Crippen LogP contribution in [0.2, 0.25) is 0 Å². The Morgan fingerprint density at radius 2 is 1.94 bits per heavy atom. The molecule has 0 saturated heterocycles. The van der Waals surface area contributed by atoms with E-state index >= 15 is 0 Å². The molecular formula is C10H8BrF2N3. The summed E-state index contributed by atoms with van der Waals surface area (Å²) in [7, 11) is 0. The normalized spacial score (nSPS) is 10.8. The summed E-state index contributed by atoms with van der Waals surface area (Å²) >= 11 is 2.99. The molecule has 2 rings (SSSR count).